The van der Waals surface area contributed by atoms with Crippen molar-refractivity contribution in [3.8, 4) is 0 Å². The van der Waals surface area contributed by atoms with Crippen LogP contribution in [-0.4, -0.2) is 26.0 Å². The van der Waals surface area contributed by atoms with Gasteiger partial charge < -0.3 is 10.1 Å². The fraction of sp³-hybridized carbons (Fsp3) is 0. The molecule has 0 unspecified atom stereocenters. The number of carboxylic acids is 1. The van der Waals surface area contributed by atoms with Gasteiger partial charge in [-0.25, -0.2) is 9.78 Å². The number of carboxylic acid groups (broad SMARTS) is 1. The minimum atomic E-state index is -1.07. The fourth-order valence-corrected chi connectivity index (χ4v) is 1.72. The van der Waals surface area contributed by atoms with E-state index in [9.17, 15) is 4.79 Å². The monoisotopic (exact) mass is 213 g/mol. The Morgan fingerprint density at radius 1 is 1.25 bits per heavy atom. The quantitative estimate of drug-likeness (QED) is 0.646. The van der Waals surface area contributed by atoms with Gasteiger partial charge in [0, 0.05) is 5.39 Å². The lowest BCUT2D eigenvalue weighted by Crippen LogP contribution is -1.97. The molecule has 16 heavy (non-hydrogen) atoms. The Hall–Kier alpha value is -2.43. The van der Waals surface area contributed by atoms with Crippen molar-refractivity contribution < 1.29 is 9.90 Å². The smallest absolute Gasteiger partial charge is 0.371 e. The summed E-state index contributed by atoms with van der Waals surface area (Å²) in [5, 5.41) is 9.72. The van der Waals surface area contributed by atoms with E-state index in [1.165, 1.54) is 0 Å². The Bertz CT molecular complexity index is 703. The summed E-state index contributed by atoms with van der Waals surface area (Å²) in [6, 6.07) is 7.52. The third kappa shape index (κ3) is 1.15. The predicted molar refractivity (Wildman–Crippen MR) is 58.4 cm³/mol. The van der Waals surface area contributed by atoms with Crippen molar-refractivity contribution in [2.24, 2.45) is 0 Å². The van der Waals surface area contributed by atoms with E-state index in [4.69, 9.17) is 5.11 Å². The highest BCUT2D eigenvalue weighted by atomic mass is 16.4. The molecule has 0 radical (unpaired) electrons. The molecule has 5 heteroatoms. The summed E-state index contributed by atoms with van der Waals surface area (Å²) in [5.74, 6) is -1.13. The summed E-state index contributed by atoms with van der Waals surface area (Å²) in [7, 11) is 0. The van der Waals surface area contributed by atoms with Gasteiger partial charge in [0.2, 0.25) is 5.82 Å². The number of hydrogen-bond acceptors (Lipinski definition) is 3. The molecule has 78 valence electrons. The van der Waals surface area contributed by atoms with E-state index in [0.717, 1.165) is 10.9 Å². The molecule has 0 saturated carbocycles. The highest BCUT2D eigenvalue weighted by Gasteiger charge is 2.11. The number of hydrogen-bond donors (Lipinski definition) is 2. The van der Waals surface area contributed by atoms with Gasteiger partial charge in [-0.1, -0.05) is 18.2 Å². The van der Waals surface area contributed by atoms with Gasteiger partial charge in [-0.3, -0.25) is 4.98 Å². The van der Waals surface area contributed by atoms with Crippen LogP contribution in [0, 0.1) is 0 Å². The molecule has 0 spiro atoms. The molecule has 0 aliphatic heterocycles. The highest BCUT2D eigenvalue weighted by Crippen LogP contribution is 2.21. The Morgan fingerprint density at radius 2 is 2.06 bits per heavy atom. The molecule has 2 aromatic heterocycles. The SMILES string of the molecule is O=C(O)c1nc2cnc3ccccc3c2[nH]1. The third-order valence-corrected chi connectivity index (χ3v) is 2.43. The molecule has 0 atom stereocenters. The number of aromatic amines is 1. The number of carbonyl (C=O) groups is 1. The average Bonchev–Trinajstić information content (AvgIpc) is 2.73. The van der Waals surface area contributed by atoms with Gasteiger partial charge in [0.15, 0.2) is 0 Å². The summed E-state index contributed by atoms with van der Waals surface area (Å²) in [6.45, 7) is 0. The van der Waals surface area contributed by atoms with Crippen molar-refractivity contribution >= 4 is 27.9 Å². The molecule has 0 aliphatic rings. The second-order valence-corrected chi connectivity index (χ2v) is 3.43. The number of nitrogens with zero attached hydrogens (tertiary/aromatic N) is 2. The van der Waals surface area contributed by atoms with E-state index in [2.05, 4.69) is 15.0 Å². The van der Waals surface area contributed by atoms with E-state index < -0.39 is 5.97 Å². The second-order valence-electron chi connectivity index (χ2n) is 3.43. The first kappa shape index (κ1) is 8.84. The van der Waals surface area contributed by atoms with Crippen LogP contribution in [0.5, 0.6) is 0 Å². The molecule has 3 aromatic rings. The number of aromatic nitrogens is 3. The lowest BCUT2D eigenvalue weighted by molar-refractivity contribution is 0.0685. The minimum absolute atomic E-state index is 0.0619. The Balaban J connectivity index is 2.46. The standard InChI is InChI=1S/C11H7N3O2/c15-11(16)10-13-8-5-12-7-4-2-1-3-6(7)9(8)14-10/h1-5H,(H,13,14)(H,15,16). The molecule has 2 N–H and O–H groups in total. The average molecular weight is 213 g/mol. The van der Waals surface area contributed by atoms with Gasteiger partial charge in [0.25, 0.3) is 0 Å². The molecule has 0 saturated heterocycles. The lowest BCUT2D eigenvalue weighted by Gasteiger charge is -1.95. The number of pyridine rings is 1. The molecular weight excluding hydrogens is 206 g/mol. The zero-order valence-corrected chi connectivity index (χ0v) is 8.14. The van der Waals surface area contributed by atoms with Crippen LogP contribution < -0.4 is 0 Å². The number of imidazole rings is 1. The van der Waals surface area contributed by atoms with Crippen molar-refractivity contribution in [3.63, 3.8) is 0 Å². The summed E-state index contributed by atoms with van der Waals surface area (Å²) < 4.78 is 0. The van der Waals surface area contributed by atoms with Crippen molar-refractivity contribution in [2.75, 3.05) is 0 Å². The first-order valence-corrected chi connectivity index (χ1v) is 4.72. The number of nitrogens with one attached hydrogen (secondary N) is 1. The zero-order valence-electron chi connectivity index (χ0n) is 8.14. The van der Waals surface area contributed by atoms with Gasteiger partial charge in [-0.15, -0.1) is 0 Å². The second kappa shape index (κ2) is 3.03. The van der Waals surface area contributed by atoms with Crippen LogP contribution in [0.25, 0.3) is 21.9 Å². The number of aromatic carboxylic acids is 1. The highest BCUT2D eigenvalue weighted by molar-refractivity contribution is 6.03. The molecule has 1 aromatic carbocycles. The number of rotatable bonds is 1. The van der Waals surface area contributed by atoms with E-state index >= 15 is 0 Å². The maximum Gasteiger partial charge on any atom is 0.371 e. The van der Waals surface area contributed by atoms with Gasteiger partial charge in [0.1, 0.15) is 5.52 Å². The van der Waals surface area contributed by atoms with Crippen LogP contribution in [0.3, 0.4) is 0 Å². The summed E-state index contributed by atoms with van der Waals surface area (Å²) in [6.07, 6.45) is 1.57. The molecule has 0 amide bonds. The van der Waals surface area contributed by atoms with E-state index in [0.29, 0.717) is 11.0 Å². The normalized spacial score (nSPS) is 11.0. The lowest BCUT2D eigenvalue weighted by atomic mass is 10.2. The van der Waals surface area contributed by atoms with Crippen LogP contribution >= 0.6 is 0 Å². The molecular formula is C11H7N3O2. The van der Waals surface area contributed by atoms with Crippen LogP contribution in [0.2, 0.25) is 0 Å². The van der Waals surface area contributed by atoms with E-state index in [1.807, 2.05) is 24.3 Å². The maximum absolute atomic E-state index is 10.8. The molecule has 0 aliphatic carbocycles. The summed E-state index contributed by atoms with van der Waals surface area (Å²) in [4.78, 5) is 21.7. The first-order chi connectivity index (χ1) is 7.75. The van der Waals surface area contributed by atoms with Gasteiger partial charge in [-0.05, 0) is 6.07 Å². The number of para-hydroxylation sites is 1. The van der Waals surface area contributed by atoms with Gasteiger partial charge in [0.05, 0.1) is 17.2 Å². The zero-order chi connectivity index (χ0) is 11.1. The van der Waals surface area contributed by atoms with Crippen molar-refractivity contribution in [3.05, 3.63) is 36.3 Å². The molecule has 5 nitrogen and oxygen atoms in total. The third-order valence-electron chi connectivity index (χ3n) is 2.43. The van der Waals surface area contributed by atoms with E-state index in [1.54, 1.807) is 6.20 Å². The maximum atomic E-state index is 10.8. The van der Waals surface area contributed by atoms with Gasteiger partial charge >= 0.3 is 5.97 Å². The molecule has 0 bridgehead atoms. The Labute approximate surface area is 89.8 Å². The summed E-state index contributed by atoms with van der Waals surface area (Å²) in [5.41, 5.74) is 2.09. The minimum Gasteiger partial charge on any atom is -0.475 e. The predicted octanol–water partition coefficient (Wildman–Crippen LogP) is 1.81. The molecule has 2 heterocycles. The number of fused-ring (bicyclic) bond motifs is 3. The van der Waals surface area contributed by atoms with Crippen molar-refractivity contribution in [2.45, 2.75) is 0 Å². The van der Waals surface area contributed by atoms with Crippen LogP contribution in [0.1, 0.15) is 10.6 Å². The van der Waals surface area contributed by atoms with Gasteiger partial charge in [-0.2, -0.15) is 0 Å². The Kier molecular flexibility index (Phi) is 1.67. The topological polar surface area (TPSA) is 78.9 Å². The molecule has 3 rings (SSSR count). The number of H-pyrrole nitrogens is 1. The van der Waals surface area contributed by atoms with E-state index in [-0.39, 0.29) is 5.82 Å². The van der Waals surface area contributed by atoms with Crippen LogP contribution in [-0.2, 0) is 0 Å². The largest absolute Gasteiger partial charge is 0.475 e. The Morgan fingerprint density at radius 3 is 2.88 bits per heavy atom. The first-order valence-electron chi connectivity index (χ1n) is 4.72. The molecule has 0 fully saturated rings. The van der Waals surface area contributed by atoms with Crippen molar-refractivity contribution in [1.29, 1.82) is 0 Å². The van der Waals surface area contributed by atoms with Crippen LogP contribution in [0.4, 0.5) is 0 Å². The fourth-order valence-electron chi connectivity index (χ4n) is 1.72. The van der Waals surface area contributed by atoms with Crippen molar-refractivity contribution in [1.82, 2.24) is 15.0 Å². The summed E-state index contributed by atoms with van der Waals surface area (Å²) >= 11 is 0. The number of benzene rings is 1. The van der Waals surface area contributed by atoms with Crippen LogP contribution in [0.15, 0.2) is 30.5 Å².